The van der Waals surface area contributed by atoms with E-state index < -0.39 is 17.1 Å². The van der Waals surface area contributed by atoms with E-state index in [1.165, 1.54) is 11.7 Å². The van der Waals surface area contributed by atoms with Gasteiger partial charge in [0.25, 0.3) is 5.56 Å². The van der Waals surface area contributed by atoms with Crippen molar-refractivity contribution in [2.75, 3.05) is 37.5 Å². The number of rotatable bonds is 7. The number of aromatic nitrogens is 2. The summed E-state index contributed by atoms with van der Waals surface area (Å²) in [6.45, 7) is 5.49. The topological polar surface area (TPSA) is 118 Å². The number of ether oxygens (including phenoxy) is 2. The van der Waals surface area contributed by atoms with Crippen molar-refractivity contribution in [1.82, 2.24) is 9.24 Å². The molecule has 2 heterocycles. The molecule has 5 rings (SSSR count). The third kappa shape index (κ3) is 3.99. The van der Waals surface area contributed by atoms with Crippen LogP contribution in [0.1, 0.15) is 32.7 Å². The highest BCUT2D eigenvalue weighted by molar-refractivity contribution is 5.91. The molecular formula is C26H32FN5O4. The van der Waals surface area contributed by atoms with Crippen LogP contribution in [0.3, 0.4) is 0 Å². The lowest BCUT2D eigenvalue weighted by molar-refractivity contribution is 0.185. The number of nitrogens with two attached hydrogens (primary N) is 2. The largest absolute Gasteiger partial charge is 0.492 e. The van der Waals surface area contributed by atoms with Crippen molar-refractivity contribution in [3.05, 3.63) is 63.1 Å². The van der Waals surface area contributed by atoms with Crippen LogP contribution in [0.2, 0.25) is 0 Å². The number of methoxy groups -OCH3 is 1. The molecule has 2 aromatic carbocycles. The molecule has 192 valence electrons. The van der Waals surface area contributed by atoms with Gasteiger partial charge in [-0.15, -0.1) is 0 Å². The van der Waals surface area contributed by atoms with Crippen LogP contribution in [0, 0.1) is 17.2 Å². The van der Waals surface area contributed by atoms with E-state index in [4.69, 9.17) is 21.1 Å². The lowest BCUT2D eigenvalue weighted by Crippen LogP contribution is -2.44. The standard InChI is InChI=1S/C26H32FN5O4/c1-26(2)14-30(12-18(26)20(28)13-36-16-7-5-4-6-8-16)22-19(27)11-17-21(23(22)35-3)31(15-9-10-15)25(34)32(29)24(17)33/h4-8,11,15,18,20H,9-10,12-14,28-29H2,1-3H3/t18-,20+/m1/s1. The molecule has 0 bridgehead atoms. The highest BCUT2D eigenvalue weighted by atomic mass is 19.1. The predicted octanol–water partition coefficient (Wildman–Crippen LogP) is 2.23. The lowest BCUT2D eigenvalue weighted by Gasteiger charge is -2.30. The van der Waals surface area contributed by atoms with Gasteiger partial charge >= 0.3 is 5.69 Å². The van der Waals surface area contributed by atoms with Crippen LogP contribution < -0.4 is 37.2 Å². The zero-order valence-corrected chi connectivity index (χ0v) is 20.7. The fourth-order valence-electron chi connectivity index (χ4n) is 5.47. The van der Waals surface area contributed by atoms with Crippen LogP contribution >= 0.6 is 0 Å². The molecule has 0 spiro atoms. The Bertz CT molecular complexity index is 1410. The van der Waals surface area contributed by atoms with Gasteiger partial charge in [-0.25, -0.2) is 9.18 Å². The van der Waals surface area contributed by atoms with Gasteiger partial charge in [0.1, 0.15) is 23.6 Å². The summed E-state index contributed by atoms with van der Waals surface area (Å²) in [4.78, 5) is 27.6. The second-order valence-corrected chi connectivity index (χ2v) is 10.5. The number of fused-ring (bicyclic) bond motifs is 1. The SMILES string of the molecule is COc1c(N2C[C@H]([C@@H](N)COc3ccccc3)C(C)(C)C2)c(F)cc2c(=O)n(N)c(=O)n(C3CC3)c12. The van der Waals surface area contributed by atoms with E-state index in [2.05, 4.69) is 13.8 Å². The first-order chi connectivity index (χ1) is 17.1. The minimum Gasteiger partial charge on any atom is -0.492 e. The Morgan fingerprint density at radius 1 is 1.19 bits per heavy atom. The minimum absolute atomic E-state index is 0.0105. The Morgan fingerprint density at radius 2 is 1.89 bits per heavy atom. The number of benzene rings is 2. The van der Waals surface area contributed by atoms with Gasteiger partial charge < -0.3 is 25.9 Å². The summed E-state index contributed by atoms with van der Waals surface area (Å²) in [6.07, 6.45) is 1.55. The molecule has 1 aliphatic carbocycles. The smallest absolute Gasteiger partial charge is 0.350 e. The van der Waals surface area contributed by atoms with Crippen LogP contribution in [-0.2, 0) is 0 Å². The molecule has 0 amide bonds. The monoisotopic (exact) mass is 497 g/mol. The number of para-hydroxylation sites is 1. The van der Waals surface area contributed by atoms with E-state index in [1.54, 1.807) is 0 Å². The van der Waals surface area contributed by atoms with Gasteiger partial charge in [0.05, 0.1) is 12.5 Å². The number of nitrogens with zero attached hydrogens (tertiary/aromatic N) is 3. The summed E-state index contributed by atoms with van der Waals surface area (Å²) in [5.41, 5.74) is 5.45. The van der Waals surface area contributed by atoms with E-state index in [0.29, 0.717) is 24.4 Å². The second kappa shape index (κ2) is 8.85. The Morgan fingerprint density at radius 3 is 2.53 bits per heavy atom. The van der Waals surface area contributed by atoms with Gasteiger partial charge in [-0.3, -0.25) is 9.36 Å². The van der Waals surface area contributed by atoms with Gasteiger partial charge in [0.2, 0.25) is 0 Å². The highest BCUT2D eigenvalue weighted by Gasteiger charge is 2.44. The van der Waals surface area contributed by atoms with Crippen molar-refractivity contribution in [3.8, 4) is 11.5 Å². The summed E-state index contributed by atoms with van der Waals surface area (Å²) >= 11 is 0. The van der Waals surface area contributed by atoms with Gasteiger partial charge in [-0.2, -0.15) is 4.68 Å². The molecule has 1 saturated heterocycles. The molecule has 4 N–H and O–H groups in total. The number of hydrogen-bond donors (Lipinski definition) is 2. The van der Waals surface area contributed by atoms with Crippen LogP contribution in [0.4, 0.5) is 10.1 Å². The number of halogens is 1. The molecule has 1 saturated carbocycles. The molecule has 9 nitrogen and oxygen atoms in total. The van der Waals surface area contributed by atoms with Crippen LogP contribution in [0.15, 0.2) is 46.0 Å². The van der Waals surface area contributed by atoms with Crippen molar-refractivity contribution < 1.29 is 13.9 Å². The average molecular weight is 498 g/mol. The van der Waals surface area contributed by atoms with E-state index in [-0.39, 0.29) is 45.8 Å². The van der Waals surface area contributed by atoms with E-state index in [9.17, 15) is 9.59 Å². The maximum atomic E-state index is 15.7. The maximum absolute atomic E-state index is 15.7. The molecule has 0 radical (unpaired) electrons. The average Bonchev–Trinajstić information content (AvgIpc) is 3.64. The summed E-state index contributed by atoms with van der Waals surface area (Å²) in [7, 11) is 1.42. The molecule has 1 aromatic heterocycles. The first-order valence-electron chi connectivity index (χ1n) is 12.1. The predicted molar refractivity (Wildman–Crippen MR) is 137 cm³/mol. The van der Waals surface area contributed by atoms with Gasteiger partial charge in [-0.1, -0.05) is 32.0 Å². The van der Waals surface area contributed by atoms with Gasteiger partial charge in [-0.05, 0) is 36.5 Å². The number of hydrogen-bond acceptors (Lipinski definition) is 7. The molecule has 2 aliphatic rings. The third-order valence-corrected chi connectivity index (χ3v) is 7.44. The normalized spacial score (nSPS) is 20.0. The highest BCUT2D eigenvalue weighted by Crippen LogP contribution is 2.46. The fraction of sp³-hybridized carbons (Fsp3) is 0.462. The fourth-order valence-corrected chi connectivity index (χ4v) is 5.47. The number of nitrogen functional groups attached to an aromatic ring is 1. The molecular weight excluding hydrogens is 465 g/mol. The summed E-state index contributed by atoms with van der Waals surface area (Å²) in [5.74, 6) is 6.03. The Labute approximate surface area is 208 Å². The molecule has 2 atom stereocenters. The molecule has 2 fully saturated rings. The Balaban J connectivity index is 1.54. The summed E-state index contributed by atoms with van der Waals surface area (Å²) < 4.78 is 29.3. The van der Waals surface area contributed by atoms with Gasteiger partial charge in [0, 0.05) is 31.1 Å². The summed E-state index contributed by atoms with van der Waals surface area (Å²) in [6, 6.07) is 10.2. The van der Waals surface area contributed by atoms with Crippen molar-refractivity contribution in [1.29, 1.82) is 0 Å². The van der Waals surface area contributed by atoms with Gasteiger partial charge in [0.15, 0.2) is 11.6 Å². The van der Waals surface area contributed by atoms with Crippen LogP contribution in [-0.4, -0.2) is 42.1 Å². The Hall–Kier alpha value is -3.53. The third-order valence-electron chi connectivity index (χ3n) is 7.44. The van der Waals surface area contributed by atoms with Crippen molar-refractivity contribution in [3.63, 3.8) is 0 Å². The maximum Gasteiger partial charge on any atom is 0.350 e. The van der Waals surface area contributed by atoms with Crippen molar-refractivity contribution in [2.45, 2.75) is 38.8 Å². The Kier molecular flexibility index (Phi) is 5.94. The zero-order chi connectivity index (χ0) is 25.8. The minimum atomic E-state index is -0.754. The first kappa shape index (κ1) is 24.2. The quantitative estimate of drug-likeness (QED) is 0.481. The first-order valence-corrected chi connectivity index (χ1v) is 12.1. The lowest BCUT2D eigenvalue weighted by atomic mass is 9.78. The van der Waals surface area contributed by atoms with Crippen molar-refractivity contribution in [2.24, 2.45) is 17.1 Å². The van der Waals surface area contributed by atoms with E-state index in [1.807, 2.05) is 35.2 Å². The second-order valence-electron chi connectivity index (χ2n) is 10.5. The molecule has 1 aliphatic heterocycles. The zero-order valence-electron chi connectivity index (χ0n) is 20.7. The van der Waals surface area contributed by atoms with Crippen molar-refractivity contribution >= 4 is 16.6 Å². The molecule has 10 heteroatoms. The molecule has 36 heavy (non-hydrogen) atoms. The molecule has 0 unspecified atom stereocenters. The van der Waals surface area contributed by atoms with Crippen LogP contribution in [0.5, 0.6) is 11.5 Å². The van der Waals surface area contributed by atoms with E-state index in [0.717, 1.165) is 24.7 Å². The summed E-state index contributed by atoms with van der Waals surface area (Å²) in [5, 5.41) is 0.0186. The molecule has 3 aromatic rings. The van der Waals surface area contributed by atoms with Crippen LogP contribution in [0.25, 0.3) is 10.9 Å². The number of anilines is 1. The van der Waals surface area contributed by atoms with E-state index >= 15 is 4.39 Å².